The smallest absolute Gasteiger partial charge is 0.324 e. The monoisotopic (exact) mass is 467 g/mol. The third-order valence-corrected chi connectivity index (χ3v) is 6.26. The molecule has 0 bridgehead atoms. The minimum Gasteiger partial charge on any atom is -0.460 e. The molecule has 1 atom stereocenters. The highest BCUT2D eigenvalue weighted by Gasteiger charge is 2.33. The number of halogens is 1. The number of alkyl halides is 1. The van der Waals surface area contributed by atoms with Crippen molar-refractivity contribution in [2.45, 2.75) is 17.4 Å². The normalized spacial score (nSPS) is 12.4. The zero-order valence-electron chi connectivity index (χ0n) is 15.5. The number of nitrogens with zero attached hydrogens (tertiary/aromatic N) is 1. The first-order valence-corrected chi connectivity index (χ1v) is 11.1. The van der Waals surface area contributed by atoms with E-state index < -0.39 is 22.0 Å². The maximum atomic E-state index is 12.9. The van der Waals surface area contributed by atoms with Crippen molar-refractivity contribution in [3.8, 4) is 11.5 Å². The summed E-state index contributed by atoms with van der Waals surface area (Å²) < 4.78 is 37.6. The standard InChI is InChI=1S/C20H22BrNO5S/c1-3-15-26-20(23)19(13-14-21)22(2)28(24,25)18-11-9-17(10-12-18)27-16-7-5-4-6-8-16/h3-12,19H,1,13-15H2,2H3. The van der Waals surface area contributed by atoms with Crippen molar-refractivity contribution in [2.75, 3.05) is 19.0 Å². The lowest BCUT2D eigenvalue weighted by Crippen LogP contribution is -2.43. The van der Waals surface area contributed by atoms with Crippen LogP contribution >= 0.6 is 15.9 Å². The first kappa shape index (κ1) is 22.1. The van der Waals surface area contributed by atoms with Gasteiger partial charge in [-0.25, -0.2) is 8.42 Å². The van der Waals surface area contributed by atoms with E-state index in [1.165, 1.54) is 25.3 Å². The van der Waals surface area contributed by atoms with Crippen LogP contribution in [0.1, 0.15) is 6.42 Å². The number of sulfonamides is 1. The molecule has 8 heteroatoms. The Morgan fingerprint density at radius 1 is 1.14 bits per heavy atom. The second kappa shape index (κ2) is 10.4. The Morgan fingerprint density at radius 2 is 1.75 bits per heavy atom. The maximum Gasteiger partial charge on any atom is 0.324 e. The molecule has 2 aromatic carbocycles. The molecule has 28 heavy (non-hydrogen) atoms. The molecule has 6 nitrogen and oxygen atoms in total. The van der Waals surface area contributed by atoms with E-state index in [9.17, 15) is 13.2 Å². The van der Waals surface area contributed by atoms with Crippen LogP contribution in [0, 0.1) is 0 Å². The van der Waals surface area contributed by atoms with Crippen LogP contribution in [0.3, 0.4) is 0 Å². The van der Waals surface area contributed by atoms with Crippen molar-refractivity contribution in [2.24, 2.45) is 0 Å². The van der Waals surface area contributed by atoms with Gasteiger partial charge in [-0.05, 0) is 42.8 Å². The average Bonchev–Trinajstić information content (AvgIpc) is 2.71. The summed E-state index contributed by atoms with van der Waals surface area (Å²) in [6, 6.07) is 14.3. The Labute approximate surface area is 173 Å². The summed E-state index contributed by atoms with van der Waals surface area (Å²) in [7, 11) is -2.52. The lowest BCUT2D eigenvalue weighted by atomic mass is 10.2. The predicted octanol–water partition coefficient (Wildman–Crippen LogP) is 3.98. The van der Waals surface area contributed by atoms with Crippen LogP contribution in [-0.4, -0.2) is 43.7 Å². The summed E-state index contributed by atoms with van der Waals surface area (Å²) >= 11 is 3.25. The Balaban J connectivity index is 2.19. The molecule has 0 saturated carbocycles. The van der Waals surface area contributed by atoms with Gasteiger partial charge in [0.1, 0.15) is 24.1 Å². The first-order valence-electron chi connectivity index (χ1n) is 8.54. The molecular weight excluding hydrogens is 446 g/mol. The lowest BCUT2D eigenvalue weighted by Gasteiger charge is -2.25. The van der Waals surface area contributed by atoms with Crippen molar-refractivity contribution >= 4 is 31.9 Å². The van der Waals surface area contributed by atoms with Crippen LogP contribution in [0.15, 0.2) is 72.1 Å². The summed E-state index contributed by atoms with van der Waals surface area (Å²) in [6.45, 7) is 3.51. The summed E-state index contributed by atoms with van der Waals surface area (Å²) in [5.41, 5.74) is 0. The summed E-state index contributed by atoms with van der Waals surface area (Å²) in [4.78, 5) is 12.3. The van der Waals surface area contributed by atoms with Gasteiger partial charge in [-0.3, -0.25) is 4.79 Å². The van der Waals surface area contributed by atoms with E-state index in [1.54, 1.807) is 24.3 Å². The maximum absolute atomic E-state index is 12.9. The number of carbonyl (C=O) groups excluding carboxylic acids is 1. The molecule has 0 aromatic heterocycles. The largest absolute Gasteiger partial charge is 0.460 e. The minimum atomic E-state index is -3.89. The lowest BCUT2D eigenvalue weighted by molar-refractivity contribution is -0.146. The molecule has 0 fully saturated rings. The van der Waals surface area contributed by atoms with E-state index in [0.29, 0.717) is 16.8 Å². The second-order valence-corrected chi connectivity index (χ2v) is 8.61. The zero-order valence-corrected chi connectivity index (χ0v) is 17.9. The average molecular weight is 468 g/mol. The molecule has 0 radical (unpaired) electrons. The number of benzene rings is 2. The van der Waals surface area contributed by atoms with Crippen LogP contribution in [-0.2, 0) is 19.6 Å². The Kier molecular flexibility index (Phi) is 8.22. The number of rotatable bonds is 10. The van der Waals surface area contributed by atoms with Gasteiger partial charge in [0.15, 0.2) is 0 Å². The van der Waals surface area contributed by atoms with Gasteiger partial charge in [0.05, 0.1) is 4.90 Å². The second-order valence-electron chi connectivity index (χ2n) is 5.82. The summed E-state index contributed by atoms with van der Waals surface area (Å²) in [5.74, 6) is 0.544. The van der Waals surface area contributed by atoms with Gasteiger partial charge in [-0.15, -0.1) is 0 Å². The Bertz CT molecular complexity index is 885. The number of likely N-dealkylation sites (N-methyl/N-ethyl adjacent to an activating group) is 1. The Morgan fingerprint density at radius 3 is 2.32 bits per heavy atom. The van der Waals surface area contributed by atoms with E-state index in [4.69, 9.17) is 9.47 Å². The van der Waals surface area contributed by atoms with Crippen molar-refractivity contribution in [1.29, 1.82) is 0 Å². The fourth-order valence-corrected chi connectivity index (χ4v) is 4.20. The van der Waals surface area contributed by atoms with E-state index >= 15 is 0 Å². The van der Waals surface area contributed by atoms with E-state index in [2.05, 4.69) is 22.5 Å². The molecule has 0 aliphatic rings. The molecule has 150 valence electrons. The van der Waals surface area contributed by atoms with Crippen molar-refractivity contribution in [3.05, 3.63) is 67.3 Å². The highest BCUT2D eigenvalue weighted by atomic mass is 79.9. The van der Waals surface area contributed by atoms with Gasteiger partial charge in [0.25, 0.3) is 0 Å². The van der Waals surface area contributed by atoms with Crippen molar-refractivity contribution in [1.82, 2.24) is 4.31 Å². The van der Waals surface area contributed by atoms with E-state index in [-0.39, 0.29) is 17.9 Å². The molecule has 0 saturated heterocycles. The Hall–Kier alpha value is -2.16. The zero-order chi connectivity index (χ0) is 20.6. The highest BCUT2D eigenvalue weighted by Crippen LogP contribution is 2.25. The van der Waals surface area contributed by atoms with Crippen LogP contribution < -0.4 is 4.74 Å². The number of para-hydroxylation sites is 1. The molecular formula is C20H22BrNO5S. The number of esters is 1. The fourth-order valence-electron chi connectivity index (χ4n) is 2.43. The van der Waals surface area contributed by atoms with Gasteiger partial charge in [-0.1, -0.05) is 46.8 Å². The number of hydrogen-bond donors (Lipinski definition) is 0. The van der Waals surface area contributed by atoms with Gasteiger partial charge < -0.3 is 9.47 Å². The van der Waals surface area contributed by atoms with Gasteiger partial charge in [0.2, 0.25) is 10.0 Å². The molecule has 0 aliphatic heterocycles. The van der Waals surface area contributed by atoms with E-state index in [0.717, 1.165) is 4.31 Å². The van der Waals surface area contributed by atoms with Gasteiger partial charge in [-0.2, -0.15) is 4.31 Å². The molecule has 0 N–H and O–H groups in total. The number of ether oxygens (including phenoxy) is 2. The minimum absolute atomic E-state index is 0.0248. The molecule has 0 amide bonds. The fraction of sp³-hybridized carbons (Fsp3) is 0.250. The molecule has 0 aliphatic carbocycles. The molecule has 2 rings (SSSR count). The highest BCUT2D eigenvalue weighted by molar-refractivity contribution is 9.09. The van der Waals surface area contributed by atoms with E-state index in [1.807, 2.05) is 18.2 Å². The van der Waals surface area contributed by atoms with Gasteiger partial charge in [0, 0.05) is 12.4 Å². The first-order chi connectivity index (χ1) is 13.4. The van der Waals surface area contributed by atoms with Crippen LogP contribution in [0.5, 0.6) is 11.5 Å². The third kappa shape index (κ3) is 5.67. The SMILES string of the molecule is C=CCOC(=O)C(CCBr)N(C)S(=O)(=O)c1ccc(Oc2ccccc2)cc1. The molecule has 2 aromatic rings. The molecule has 1 unspecified atom stereocenters. The topological polar surface area (TPSA) is 72.9 Å². The number of carbonyl (C=O) groups is 1. The summed E-state index contributed by atoms with van der Waals surface area (Å²) in [6.07, 6.45) is 1.71. The van der Waals surface area contributed by atoms with Crippen LogP contribution in [0.2, 0.25) is 0 Å². The molecule has 0 spiro atoms. The van der Waals surface area contributed by atoms with Crippen LogP contribution in [0.4, 0.5) is 0 Å². The molecule has 0 heterocycles. The third-order valence-electron chi connectivity index (χ3n) is 3.92. The van der Waals surface area contributed by atoms with Crippen molar-refractivity contribution < 1.29 is 22.7 Å². The number of hydrogen-bond acceptors (Lipinski definition) is 5. The van der Waals surface area contributed by atoms with Crippen LogP contribution in [0.25, 0.3) is 0 Å². The quantitative estimate of drug-likeness (QED) is 0.300. The van der Waals surface area contributed by atoms with Gasteiger partial charge >= 0.3 is 5.97 Å². The van der Waals surface area contributed by atoms with Crippen molar-refractivity contribution in [3.63, 3.8) is 0 Å². The predicted molar refractivity (Wildman–Crippen MR) is 111 cm³/mol. The summed E-state index contributed by atoms with van der Waals surface area (Å²) in [5, 5.41) is 0.449.